The van der Waals surface area contributed by atoms with E-state index in [1.807, 2.05) is 0 Å². The van der Waals surface area contributed by atoms with Crippen molar-refractivity contribution in [2.24, 2.45) is 0 Å². The summed E-state index contributed by atoms with van der Waals surface area (Å²) >= 11 is 7.16. The number of carbonyl (C=O) groups excluding carboxylic acids is 3. The Morgan fingerprint density at radius 1 is 0.810 bits per heavy atom. The normalized spacial score (nSPS) is 11.5. The van der Waals surface area contributed by atoms with E-state index in [9.17, 15) is 27.6 Å². The van der Waals surface area contributed by atoms with Gasteiger partial charge in [0, 0.05) is 21.2 Å². The molecule has 0 aromatic heterocycles. The topological polar surface area (TPSA) is 87.3 Å². The van der Waals surface area contributed by atoms with Gasteiger partial charge < -0.3 is 16.0 Å². The van der Waals surface area contributed by atoms with Crippen molar-refractivity contribution in [1.29, 1.82) is 0 Å². The van der Waals surface area contributed by atoms with Gasteiger partial charge >= 0.3 is 6.18 Å². The average Bonchev–Trinajstić information content (AvgIpc) is 2.96. The summed E-state index contributed by atoms with van der Waals surface area (Å²) in [5.41, 5.74) is 0.0214. The number of thioether (sulfide) groups is 1. The highest BCUT2D eigenvalue weighted by atomic mass is 35.5. The van der Waals surface area contributed by atoms with Crippen molar-refractivity contribution in [3.05, 3.63) is 131 Å². The Hall–Kier alpha value is -4.54. The van der Waals surface area contributed by atoms with Crippen LogP contribution in [0.4, 0.5) is 24.5 Å². The van der Waals surface area contributed by atoms with Crippen LogP contribution in [0.15, 0.2) is 114 Å². The quantitative estimate of drug-likeness (QED) is 0.135. The summed E-state index contributed by atoms with van der Waals surface area (Å²) in [5, 5.41) is 8.13. The van der Waals surface area contributed by atoms with Crippen molar-refractivity contribution in [2.75, 3.05) is 16.4 Å². The molecule has 0 heterocycles. The molecule has 0 spiro atoms. The third-order valence-corrected chi connectivity index (χ3v) is 6.89. The zero-order valence-electron chi connectivity index (χ0n) is 21.7. The van der Waals surface area contributed by atoms with Gasteiger partial charge in [0.1, 0.15) is 5.70 Å². The van der Waals surface area contributed by atoms with E-state index in [4.69, 9.17) is 11.6 Å². The molecule has 0 saturated heterocycles. The van der Waals surface area contributed by atoms with Crippen molar-refractivity contribution in [1.82, 2.24) is 5.32 Å². The number of carbonyl (C=O) groups is 3. The summed E-state index contributed by atoms with van der Waals surface area (Å²) in [6, 6.07) is 26.5. The Labute approximate surface area is 249 Å². The van der Waals surface area contributed by atoms with E-state index in [1.54, 1.807) is 78.9 Å². The van der Waals surface area contributed by atoms with Gasteiger partial charge in [-0.3, -0.25) is 14.4 Å². The van der Waals surface area contributed by atoms with Gasteiger partial charge in [-0.15, -0.1) is 11.8 Å². The van der Waals surface area contributed by atoms with Crippen LogP contribution in [0, 0.1) is 0 Å². The van der Waals surface area contributed by atoms with Crippen LogP contribution in [0.3, 0.4) is 0 Å². The van der Waals surface area contributed by atoms with E-state index in [1.165, 1.54) is 24.3 Å². The number of hydrogen-bond acceptors (Lipinski definition) is 4. The maximum atomic E-state index is 13.3. The van der Waals surface area contributed by atoms with Crippen molar-refractivity contribution in [3.8, 4) is 0 Å². The first-order chi connectivity index (χ1) is 20.1. The van der Waals surface area contributed by atoms with Crippen LogP contribution in [0.1, 0.15) is 21.5 Å². The maximum absolute atomic E-state index is 13.3. The molecule has 0 saturated carbocycles. The Kier molecular flexibility index (Phi) is 10.1. The molecule has 4 rings (SSSR count). The van der Waals surface area contributed by atoms with Crippen molar-refractivity contribution < 1.29 is 27.6 Å². The first-order valence-corrected chi connectivity index (χ1v) is 13.8. The van der Waals surface area contributed by atoms with Crippen LogP contribution in [-0.2, 0) is 15.8 Å². The molecular weight excluding hydrogens is 587 g/mol. The minimum atomic E-state index is -4.61. The van der Waals surface area contributed by atoms with Gasteiger partial charge in [0.05, 0.1) is 17.0 Å². The molecule has 0 fully saturated rings. The van der Waals surface area contributed by atoms with E-state index in [0.717, 1.165) is 17.8 Å². The van der Waals surface area contributed by atoms with Crippen LogP contribution < -0.4 is 16.0 Å². The molecule has 214 valence electrons. The predicted octanol–water partition coefficient (Wildman–Crippen LogP) is 7.50. The molecule has 3 amide bonds. The molecular formula is C31H23ClF3N3O3S. The molecule has 0 radical (unpaired) electrons. The van der Waals surface area contributed by atoms with Gasteiger partial charge in [0.15, 0.2) is 0 Å². The SMILES string of the molecule is O=C(CSc1cccc(NC(=O)/C(=C/c2cccc(Cl)c2)NC(=O)c2ccccc2)c1)Nc1ccccc1C(F)(F)F. The number of hydrogen-bond donors (Lipinski definition) is 3. The second-order valence-electron chi connectivity index (χ2n) is 8.80. The molecule has 0 aliphatic carbocycles. The lowest BCUT2D eigenvalue weighted by atomic mass is 10.1. The smallest absolute Gasteiger partial charge is 0.325 e. The van der Waals surface area contributed by atoms with Crippen LogP contribution >= 0.6 is 23.4 Å². The maximum Gasteiger partial charge on any atom is 0.418 e. The Balaban J connectivity index is 1.45. The number of anilines is 2. The van der Waals surface area contributed by atoms with Crippen molar-refractivity contribution in [2.45, 2.75) is 11.1 Å². The summed E-state index contributed by atoms with van der Waals surface area (Å²) < 4.78 is 39.7. The Morgan fingerprint density at radius 2 is 1.52 bits per heavy atom. The van der Waals surface area contributed by atoms with Gasteiger partial charge in [-0.2, -0.15) is 13.2 Å². The van der Waals surface area contributed by atoms with Crippen molar-refractivity contribution >= 4 is 58.5 Å². The van der Waals surface area contributed by atoms with Crippen LogP contribution in [0.25, 0.3) is 6.08 Å². The highest BCUT2D eigenvalue weighted by Gasteiger charge is 2.33. The average molecular weight is 610 g/mol. The largest absolute Gasteiger partial charge is 0.418 e. The fourth-order valence-electron chi connectivity index (χ4n) is 3.74. The molecule has 0 aliphatic heterocycles. The molecule has 0 unspecified atom stereocenters. The first-order valence-electron chi connectivity index (χ1n) is 12.4. The molecule has 4 aromatic carbocycles. The second-order valence-corrected chi connectivity index (χ2v) is 10.3. The zero-order chi connectivity index (χ0) is 30.1. The number of rotatable bonds is 9. The van der Waals surface area contributed by atoms with Gasteiger partial charge in [-0.05, 0) is 66.2 Å². The molecule has 11 heteroatoms. The highest BCUT2D eigenvalue weighted by Crippen LogP contribution is 2.34. The summed E-state index contributed by atoms with van der Waals surface area (Å²) in [4.78, 5) is 39.1. The summed E-state index contributed by atoms with van der Waals surface area (Å²) in [6.45, 7) is 0. The molecule has 0 aliphatic rings. The van der Waals surface area contributed by atoms with Crippen molar-refractivity contribution in [3.63, 3.8) is 0 Å². The van der Waals surface area contributed by atoms with Crippen LogP contribution in [0.5, 0.6) is 0 Å². The van der Waals surface area contributed by atoms with Gasteiger partial charge in [-0.25, -0.2) is 0 Å². The molecule has 42 heavy (non-hydrogen) atoms. The molecule has 3 N–H and O–H groups in total. The molecule has 0 bridgehead atoms. The van der Waals surface area contributed by atoms with E-state index >= 15 is 0 Å². The Morgan fingerprint density at radius 3 is 2.26 bits per heavy atom. The van der Waals surface area contributed by atoms with Gasteiger partial charge in [0.2, 0.25) is 5.91 Å². The summed E-state index contributed by atoms with van der Waals surface area (Å²) in [5.74, 6) is -1.89. The minimum Gasteiger partial charge on any atom is -0.325 e. The lowest BCUT2D eigenvalue weighted by molar-refractivity contribution is -0.137. The minimum absolute atomic E-state index is 0.0353. The molecule has 6 nitrogen and oxygen atoms in total. The number of benzene rings is 4. The lowest BCUT2D eigenvalue weighted by Crippen LogP contribution is -2.30. The van der Waals surface area contributed by atoms with Crippen LogP contribution in [0.2, 0.25) is 5.02 Å². The standard InChI is InChI=1S/C31H23ClF3N3O3S/c32-22-11-6-8-20(16-22)17-27(38-29(40)21-9-2-1-3-10-21)30(41)36-23-12-7-13-24(18-23)42-19-28(39)37-26-15-5-4-14-25(26)31(33,34)35/h1-18H,19H2,(H,36,41)(H,37,39)(H,38,40)/b27-17-. The fourth-order valence-corrected chi connectivity index (χ4v) is 4.70. The van der Waals surface area contributed by atoms with E-state index in [-0.39, 0.29) is 17.1 Å². The summed E-state index contributed by atoms with van der Waals surface area (Å²) in [7, 11) is 0. The first kappa shape index (κ1) is 30.4. The number of amides is 3. The lowest BCUT2D eigenvalue weighted by Gasteiger charge is -2.14. The number of para-hydroxylation sites is 1. The summed E-state index contributed by atoms with van der Waals surface area (Å²) in [6.07, 6.45) is -3.12. The van der Waals surface area contributed by atoms with E-state index < -0.39 is 29.5 Å². The fraction of sp³-hybridized carbons (Fsp3) is 0.0645. The number of halogens is 4. The van der Waals surface area contributed by atoms with Crippen LogP contribution in [-0.4, -0.2) is 23.5 Å². The molecule has 0 atom stereocenters. The van der Waals surface area contributed by atoms with E-state index in [0.29, 0.717) is 26.7 Å². The monoisotopic (exact) mass is 609 g/mol. The highest BCUT2D eigenvalue weighted by molar-refractivity contribution is 8.00. The Bertz CT molecular complexity index is 1630. The molecule has 4 aromatic rings. The van der Waals surface area contributed by atoms with Gasteiger partial charge in [0.25, 0.3) is 11.8 Å². The van der Waals surface area contributed by atoms with Gasteiger partial charge in [-0.1, -0.05) is 60.1 Å². The second kappa shape index (κ2) is 13.9. The van der Waals surface area contributed by atoms with E-state index in [2.05, 4.69) is 16.0 Å². The number of nitrogens with one attached hydrogen (secondary N) is 3. The third kappa shape index (κ3) is 8.73. The zero-order valence-corrected chi connectivity index (χ0v) is 23.3. The number of alkyl halides is 3. The third-order valence-electron chi connectivity index (χ3n) is 5.66. The predicted molar refractivity (Wildman–Crippen MR) is 159 cm³/mol.